The molecule has 0 spiro atoms. The highest BCUT2D eigenvalue weighted by molar-refractivity contribution is 6.76. The number of hydrogen-bond acceptors (Lipinski definition) is 7. The Hall–Kier alpha value is -3.81. The average Bonchev–Trinajstić information content (AvgIpc) is 3.31. The van der Waals surface area contributed by atoms with E-state index in [1.54, 1.807) is 23.4 Å². The van der Waals surface area contributed by atoms with Crippen molar-refractivity contribution in [1.82, 2.24) is 19.4 Å². The third-order valence-electron chi connectivity index (χ3n) is 7.21. The lowest BCUT2D eigenvalue weighted by Gasteiger charge is -2.26. The van der Waals surface area contributed by atoms with Gasteiger partial charge in [0.1, 0.15) is 29.7 Å². The number of rotatable bonds is 10. The first-order valence-electron chi connectivity index (χ1n) is 14.6. The molecule has 222 valence electrons. The Labute approximate surface area is 249 Å². The summed E-state index contributed by atoms with van der Waals surface area (Å²) in [6.45, 7) is 15.0. The fraction of sp³-hybridized carbons (Fsp3) is 0.469. The molecule has 0 atom stereocenters. The number of piperidine rings is 1. The first kappa shape index (κ1) is 31.1. The molecule has 2 aromatic heterocycles. The van der Waals surface area contributed by atoms with Crippen LogP contribution in [0, 0.1) is 16.7 Å². The molecular formula is C32H42N6O3Si. The molecule has 1 N–H and O–H groups in total. The highest BCUT2D eigenvalue weighted by Gasteiger charge is 2.28. The Morgan fingerprint density at radius 2 is 1.81 bits per heavy atom. The fourth-order valence-electron chi connectivity index (χ4n) is 4.71. The highest BCUT2D eigenvalue weighted by Crippen LogP contribution is 2.28. The first-order valence-corrected chi connectivity index (χ1v) is 18.3. The fourth-order valence-corrected chi connectivity index (χ4v) is 5.46. The minimum absolute atomic E-state index is 0.0108. The molecule has 3 heterocycles. The van der Waals surface area contributed by atoms with Crippen molar-refractivity contribution in [3.8, 4) is 6.07 Å². The lowest BCUT2D eigenvalue weighted by atomic mass is 9.87. The summed E-state index contributed by atoms with van der Waals surface area (Å²) in [6.07, 6.45) is 8.14. The van der Waals surface area contributed by atoms with Crippen LogP contribution in [0.1, 0.15) is 56.0 Å². The SMILES string of the molecule is CC(C)(C)C(=O)c1cn(COCC[Si](C)(C)C)c2ncc(Nc3ccc(/C=C(/C#N)C(=O)N4CCCCC4)cc3)nc12. The van der Waals surface area contributed by atoms with E-state index in [1.165, 1.54) is 0 Å². The van der Waals surface area contributed by atoms with Crippen LogP contribution in [0.5, 0.6) is 0 Å². The third-order valence-corrected chi connectivity index (χ3v) is 8.91. The van der Waals surface area contributed by atoms with Crippen molar-refractivity contribution in [1.29, 1.82) is 5.26 Å². The number of ether oxygens (including phenoxy) is 1. The third kappa shape index (κ3) is 7.93. The van der Waals surface area contributed by atoms with E-state index in [9.17, 15) is 14.9 Å². The number of nitrogens with zero attached hydrogens (tertiary/aromatic N) is 5. The van der Waals surface area contributed by atoms with Gasteiger partial charge in [-0.05, 0) is 49.1 Å². The lowest BCUT2D eigenvalue weighted by Crippen LogP contribution is -2.36. The number of nitrogens with one attached hydrogen (secondary N) is 1. The molecular weight excluding hydrogens is 544 g/mol. The van der Waals surface area contributed by atoms with Gasteiger partial charge in [-0.2, -0.15) is 5.26 Å². The maximum Gasteiger partial charge on any atom is 0.264 e. The molecule has 0 aliphatic carbocycles. The Morgan fingerprint density at radius 3 is 2.43 bits per heavy atom. The molecule has 1 aromatic carbocycles. The molecule has 1 aliphatic rings. The summed E-state index contributed by atoms with van der Waals surface area (Å²) in [4.78, 5) is 37.3. The van der Waals surface area contributed by atoms with Crippen LogP contribution in [0.15, 0.2) is 42.2 Å². The molecule has 0 radical (unpaired) electrons. The minimum Gasteiger partial charge on any atom is -0.361 e. The molecule has 1 aliphatic heterocycles. The predicted octanol–water partition coefficient (Wildman–Crippen LogP) is 6.64. The average molecular weight is 587 g/mol. The number of carbonyl (C=O) groups is 2. The monoisotopic (exact) mass is 586 g/mol. The number of carbonyl (C=O) groups excluding carboxylic acids is 2. The lowest BCUT2D eigenvalue weighted by molar-refractivity contribution is -0.127. The van der Waals surface area contributed by atoms with Crippen molar-refractivity contribution in [2.75, 3.05) is 25.0 Å². The van der Waals surface area contributed by atoms with Crippen molar-refractivity contribution < 1.29 is 14.3 Å². The number of amides is 1. The van der Waals surface area contributed by atoms with Crippen molar-refractivity contribution in [3.63, 3.8) is 0 Å². The quantitative estimate of drug-likeness (QED) is 0.0932. The van der Waals surface area contributed by atoms with Crippen molar-refractivity contribution in [2.45, 2.75) is 72.4 Å². The van der Waals surface area contributed by atoms with Crippen LogP contribution >= 0.6 is 0 Å². The van der Waals surface area contributed by atoms with Gasteiger partial charge < -0.3 is 19.5 Å². The van der Waals surface area contributed by atoms with Crippen molar-refractivity contribution in [3.05, 3.63) is 53.4 Å². The second kappa shape index (κ2) is 13.0. The van der Waals surface area contributed by atoms with Crippen LogP contribution in [0.2, 0.25) is 25.7 Å². The summed E-state index contributed by atoms with van der Waals surface area (Å²) in [7, 11) is -1.22. The second-order valence-electron chi connectivity index (χ2n) is 13.1. The molecule has 4 rings (SSSR count). The molecule has 1 amide bonds. The van der Waals surface area contributed by atoms with Gasteiger partial charge >= 0.3 is 0 Å². The van der Waals surface area contributed by atoms with E-state index < -0.39 is 13.5 Å². The summed E-state index contributed by atoms with van der Waals surface area (Å²) in [5.41, 5.74) is 2.73. The maximum absolute atomic E-state index is 13.3. The van der Waals surface area contributed by atoms with E-state index in [2.05, 4.69) is 36.0 Å². The first-order chi connectivity index (χ1) is 19.9. The minimum atomic E-state index is -1.22. The number of fused-ring (bicyclic) bond motifs is 1. The molecule has 0 bridgehead atoms. The molecule has 0 saturated carbocycles. The highest BCUT2D eigenvalue weighted by atomic mass is 28.3. The number of hydrogen-bond donors (Lipinski definition) is 1. The van der Waals surface area contributed by atoms with Crippen LogP contribution in [-0.2, 0) is 16.3 Å². The van der Waals surface area contributed by atoms with Gasteiger partial charge in [-0.3, -0.25) is 9.59 Å². The van der Waals surface area contributed by atoms with Gasteiger partial charge in [0, 0.05) is 45.1 Å². The molecule has 3 aromatic rings. The summed E-state index contributed by atoms with van der Waals surface area (Å²) in [5.74, 6) is 0.282. The molecule has 10 heteroatoms. The molecule has 9 nitrogen and oxygen atoms in total. The Bertz CT molecular complexity index is 1500. The summed E-state index contributed by atoms with van der Waals surface area (Å²) in [5, 5.41) is 12.9. The maximum atomic E-state index is 13.3. The number of likely N-dealkylation sites (tertiary alicyclic amines) is 1. The summed E-state index contributed by atoms with van der Waals surface area (Å²) < 4.78 is 7.81. The smallest absolute Gasteiger partial charge is 0.264 e. The number of nitriles is 1. The topological polar surface area (TPSA) is 113 Å². The number of aromatic nitrogens is 3. The van der Waals surface area contributed by atoms with Gasteiger partial charge in [0.25, 0.3) is 5.91 Å². The number of ketones is 1. The van der Waals surface area contributed by atoms with E-state index in [1.807, 2.05) is 49.6 Å². The Kier molecular flexibility index (Phi) is 9.64. The van der Waals surface area contributed by atoms with Crippen LogP contribution in [0.25, 0.3) is 17.2 Å². The molecule has 42 heavy (non-hydrogen) atoms. The molecule has 1 saturated heterocycles. The summed E-state index contributed by atoms with van der Waals surface area (Å²) >= 11 is 0. The Morgan fingerprint density at radius 1 is 1.12 bits per heavy atom. The van der Waals surface area contributed by atoms with Crippen molar-refractivity contribution in [2.24, 2.45) is 5.41 Å². The van der Waals surface area contributed by atoms with E-state index in [0.29, 0.717) is 49.0 Å². The zero-order chi connectivity index (χ0) is 30.5. The van der Waals surface area contributed by atoms with Gasteiger partial charge in [-0.15, -0.1) is 0 Å². The van der Waals surface area contributed by atoms with Gasteiger partial charge in [0.2, 0.25) is 0 Å². The van der Waals surface area contributed by atoms with Gasteiger partial charge in [-0.25, -0.2) is 9.97 Å². The standard InChI is InChI=1S/C32H42N6O3Si/c1-32(2,3)29(39)26-21-38(22-41-16-17-42(4,5)6)30-28(26)36-27(20-34-30)35-25-12-10-23(11-13-25)18-24(19-33)31(40)37-14-8-7-9-15-37/h10-13,18,20-21H,7-9,14-17,22H2,1-6H3,(H,35,36)/b24-18-. The van der Waals surface area contributed by atoms with Crippen LogP contribution in [-0.4, -0.2) is 58.9 Å². The van der Waals surface area contributed by atoms with Crippen LogP contribution in [0.4, 0.5) is 11.5 Å². The van der Waals surface area contributed by atoms with Crippen molar-refractivity contribution >= 4 is 48.5 Å². The van der Waals surface area contributed by atoms with E-state index in [4.69, 9.17) is 9.72 Å². The zero-order valence-corrected chi connectivity index (χ0v) is 26.7. The zero-order valence-electron chi connectivity index (χ0n) is 25.7. The number of Topliss-reactive ketones (excluding diaryl/α,β-unsaturated/α-hetero) is 1. The normalized spacial score (nSPS) is 14.6. The second-order valence-corrected chi connectivity index (χ2v) is 18.8. The van der Waals surface area contributed by atoms with Crippen LogP contribution < -0.4 is 5.32 Å². The Balaban J connectivity index is 1.53. The van der Waals surface area contributed by atoms with Gasteiger partial charge in [-0.1, -0.05) is 52.5 Å². The summed E-state index contributed by atoms with van der Waals surface area (Å²) in [6, 6.07) is 10.5. The predicted molar refractivity (Wildman–Crippen MR) is 169 cm³/mol. The van der Waals surface area contributed by atoms with E-state index in [-0.39, 0.29) is 17.3 Å². The van der Waals surface area contributed by atoms with Gasteiger partial charge in [0.15, 0.2) is 11.4 Å². The molecule has 1 fully saturated rings. The number of anilines is 2. The van der Waals surface area contributed by atoms with E-state index >= 15 is 0 Å². The van der Waals surface area contributed by atoms with Crippen LogP contribution in [0.3, 0.4) is 0 Å². The largest absolute Gasteiger partial charge is 0.361 e. The number of benzene rings is 1. The van der Waals surface area contributed by atoms with E-state index in [0.717, 1.165) is 36.6 Å². The van der Waals surface area contributed by atoms with Gasteiger partial charge in [0.05, 0.1) is 11.8 Å². The molecule has 0 unspecified atom stereocenters.